The monoisotopic (exact) mass is 534 g/mol. The molecule has 3 rings (SSSR count). The molecule has 172 valence electrons. The number of aromatic nitrogens is 2. The van der Waals surface area contributed by atoms with E-state index in [0.29, 0.717) is 11.3 Å². The molecule has 0 fully saturated rings. The van der Waals surface area contributed by atoms with Gasteiger partial charge in [0.15, 0.2) is 5.75 Å². The average Bonchev–Trinajstić information content (AvgIpc) is 3.02. The Hall–Kier alpha value is -2.60. The first-order valence-corrected chi connectivity index (χ1v) is 11.3. The van der Waals surface area contributed by atoms with Gasteiger partial charge < -0.3 is 8.92 Å². The van der Waals surface area contributed by atoms with E-state index in [9.17, 15) is 26.4 Å². The molecule has 0 saturated heterocycles. The third-order valence-corrected chi connectivity index (χ3v) is 5.55. The van der Waals surface area contributed by atoms with E-state index in [1.165, 1.54) is 19.2 Å². The molecule has 12 heteroatoms. The zero-order valence-electron chi connectivity index (χ0n) is 17.3. The van der Waals surface area contributed by atoms with Gasteiger partial charge in [-0.3, -0.25) is 0 Å². The number of benzene rings is 1. The Morgan fingerprint density at radius 2 is 1.81 bits per heavy atom. The summed E-state index contributed by atoms with van der Waals surface area (Å²) in [5, 5.41) is 4.30. The van der Waals surface area contributed by atoms with E-state index in [0.717, 1.165) is 8.99 Å². The molecule has 0 aliphatic rings. The first-order chi connectivity index (χ1) is 14.6. The van der Waals surface area contributed by atoms with Crippen molar-refractivity contribution in [2.24, 2.45) is 0 Å². The smallest absolute Gasteiger partial charge is 0.456 e. The molecule has 3 aromatic rings. The van der Waals surface area contributed by atoms with Crippen LogP contribution in [0.4, 0.5) is 13.2 Å². The van der Waals surface area contributed by atoms with Crippen molar-refractivity contribution >= 4 is 37.5 Å². The third kappa shape index (κ3) is 4.90. The van der Waals surface area contributed by atoms with Crippen LogP contribution >= 0.6 is 15.9 Å². The largest absolute Gasteiger partial charge is 0.534 e. The number of ether oxygens (including phenoxy) is 1. The molecule has 0 N–H and O–H groups in total. The van der Waals surface area contributed by atoms with Crippen LogP contribution in [0.1, 0.15) is 36.7 Å². The standard InChI is InChI=1S/C20H18BrF3N2O5S/c1-11-10-26-15(9-14(25-26)12-6-5-7-13(21)8-12)17(31-32(28,29)20(22,23)24)16(11)18(27)30-19(2,3)4/h5-10H,1-4H3. The quantitative estimate of drug-likeness (QED) is 0.258. The summed E-state index contributed by atoms with van der Waals surface area (Å²) in [5.74, 6) is -1.85. The van der Waals surface area contributed by atoms with Gasteiger partial charge in [0.05, 0.1) is 5.69 Å². The molecule has 0 saturated carbocycles. The van der Waals surface area contributed by atoms with Crippen molar-refractivity contribution in [3.8, 4) is 17.0 Å². The minimum absolute atomic E-state index is 0.114. The minimum atomic E-state index is -6.08. The molecular formula is C20H18BrF3N2O5S. The van der Waals surface area contributed by atoms with Gasteiger partial charge >= 0.3 is 21.6 Å². The summed E-state index contributed by atoms with van der Waals surface area (Å²) < 4.78 is 74.5. The van der Waals surface area contributed by atoms with Gasteiger partial charge in [-0.1, -0.05) is 28.1 Å². The van der Waals surface area contributed by atoms with Crippen molar-refractivity contribution in [2.75, 3.05) is 0 Å². The van der Waals surface area contributed by atoms with Gasteiger partial charge in [0.2, 0.25) is 0 Å². The number of pyridine rings is 1. The predicted octanol–water partition coefficient (Wildman–Crippen LogP) is 5.26. The van der Waals surface area contributed by atoms with Crippen LogP contribution in [-0.2, 0) is 14.9 Å². The zero-order valence-corrected chi connectivity index (χ0v) is 19.7. The minimum Gasteiger partial charge on any atom is -0.456 e. The van der Waals surface area contributed by atoms with Crippen LogP contribution in [0.2, 0.25) is 0 Å². The van der Waals surface area contributed by atoms with E-state index >= 15 is 0 Å². The maximum atomic E-state index is 13.1. The third-order valence-electron chi connectivity index (χ3n) is 4.11. The van der Waals surface area contributed by atoms with Crippen LogP contribution in [0.3, 0.4) is 0 Å². The van der Waals surface area contributed by atoms with E-state index < -0.39 is 38.5 Å². The maximum Gasteiger partial charge on any atom is 0.534 e. The lowest BCUT2D eigenvalue weighted by atomic mass is 10.1. The number of aryl methyl sites for hydroxylation is 1. The highest BCUT2D eigenvalue weighted by Crippen LogP contribution is 2.36. The van der Waals surface area contributed by atoms with E-state index in [1.54, 1.807) is 45.0 Å². The number of carbonyl (C=O) groups is 1. The highest BCUT2D eigenvalue weighted by Gasteiger charge is 2.49. The van der Waals surface area contributed by atoms with Crippen molar-refractivity contribution in [1.29, 1.82) is 0 Å². The summed E-state index contributed by atoms with van der Waals surface area (Å²) in [6.45, 7) is 6.11. The fourth-order valence-corrected chi connectivity index (χ4v) is 3.71. The number of hydrogen-bond donors (Lipinski definition) is 0. The van der Waals surface area contributed by atoms with Crippen LogP contribution < -0.4 is 4.18 Å². The lowest BCUT2D eigenvalue weighted by Gasteiger charge is -2.21. The second-order valence-electron chi connectivity index (χ2n) is 7.87. The van der Waals surface area contributed by atoms with E-state index in [2.05, 4.69) is 25.2 Å². The van der Waals surface area contributed by atoms with Crippen LogP contribution in [0.25, 0.3) is 16.8 Å². The van der Waals surface area contributed by atoms with Crippen LogP contribution in [0.15, 0.2) is 41.0 Å². The lowest BCUT2D eigenvalue weighted by molar-refractivity contribution is -0.0500. The summed E-state index contributed by atoms with van der Waals surface area (Å²) in [6, 6.07) is 8.26. The molecule has 0 spiro atoms. The number of nitrogens with zero attached hydrogens (tertiary/aromatic N) is 2. The fourth-order valence-electron chi connectivity index (χ4n) is 2.83. The topological polar surface area (TPSA) is 87.0 Å². The molecule has 2 aromatic heterocycles. The normalized spacial score (nSPS) is 12.8. The molecule has 0 unspecified atom stereocenters. The number of fused-ring (bicyclic) bond motifs is 1. The van der Waals surface area contributed by atoms with Crippen LogP contribution in [0.5, 0.6) is 5.75 Å². The zero-order chi connectivity index (χ0) is 24.1. The van der Waals surface area contributed by atoms with Crippen LogP contribution in [0, 0.1) is 6.92 Å². The Kier molecular flexibility index (Phi) is 6.07. The Bertz CT molecular complexity index is 1310. The fraction of sp³-hybridized carbons (Fsp3) is 0.300. The molecular weight excluding hydrogens is 517 g/mol. The molecule has 0 atom stereocenters. The molecule has 0 aliphatic carbocycles. The van der Waals surface area contributed by atoms with Crippen molar-refractivity contribution in [2.45, 2.75) is 38.8 Å². The number of hydrogen-bond acceptors (Lipinski definition) is 6. The Morgan fingerprint density at radius 3 is 2.38 bits per heavy atom. The number of halogens is 4. The summed E-state index contributed by atoms with van der Waals surface area (Å²) in [6.07, 6.45) is 1.38. The van der Waals surface area contributed by atoms with Gasteiger partial charge in [0, 0.05) is 16.2 Å². The van der Waals surface area contributed by atoms with Crippen molar-refractivity contribution in [3.63, 3.8) is 0 Å². The highest BCUT2D eigenvalue weighted by molar-refractivity contribution is 9.10. The summed E-state index contributed by atoms with van der Waals surface area (Å²) in [4.78, 5) is 12.8. The lowest BCUT2D eigenvalue weighted by Crippen LogP contribution is -2.30. The maximum absolute atomic E-state index is 13.1. The SMILES string of the molecule is Cc1cn2nc(-c3cccc(Br)c3)cc2c(OS(=O)(=O)C(F)(F)F)c1C(=O)OC(C)(C)C. The van der Waals surface area contributed by atoms with E-state index in [-0.39, 0.29) is 11.1 Å². The highest BCUT2D eigenvalue weighted by atomic mass is 79.9. The first-order valence-electron chi connectivity index (χ1n) is 9.12. The molecule has 0 amide bonds. The van der Waals surface area contributed by atoms with Gasteiger partial charge in [-0.25, -0.2) is 9.31 Å². The molecule has 7 nitrogen and oxygen atoms in total. The first kappa shape index (κ1) is 24.1. The molecule has 0 bridgehead atoms. The number of rotatable bonds is 4. The molecule has 32 heavy (non-hydrogen) atoms. The number of carbonyl (C=O) groups excluding carboxylic acids is 1. The summed E-state index contributed by atoms with van der Waals surface area (Å²) in [7, 11) is -6.08. The van der Waals surface area contributed by atoms with Gasteiger partial charge in [0.1, 0.15) is 16.7 Å². The predicted molar refractivity (Wildman–Crippen MR) is 114 cm³/mol. The summed E-state index contributed by atoms with van der Waals surface area (Å²) >= 11 is 3.32. The van der Waals surface area contributed by atoms with Crippen LogP contribution in [-0.4, -0.2) is 35.1 Å². The van der Waals surface area contributed by atoms with Gasteiger partial charge in [-0.05, 0) is 51.5 Å². The average molecular weight is 535 g/mol. The van der Waals surface area contributed by atoms with Gasteiger partial charge in [0.25, 0.3) is 0 Å². The van der Waals surface area contributed by atoms with Crippen molar-refractivity contribution in [3.05, 3.63) is 52.1 Å². The molecule has 1 aromatic carbocycles. The summed E-state index contributed by atoms with van der Waals surface area (Å²) in [5.41, 5.74) is -6.25. The Labute approximate surface area is 190 Å². The number of esters is 1. The molecule has 0 radical (unpaired) electrons. The van der Waals surface area contributed by atoms with E-state index in [4.69, 9.17) is 4.74 Å². The van der Waals surface area contributed by atoms with Crippen molar-refractivity contribution < 1.29 is 35.3 Å². The second-order valence-corrected chi connectivity index (χ2v) is 10.3. The van der Waals surface area contributed by atoms with Gasteiger partial charge in [-0.15, -0.1) is 0 Å². The van der Waals surface area contributed by atoms with E-state index in [1.807, 2.05) is 0 Å². The molecule has 0 aliphatic heterocycles. The second kappa shape index (κ2) is 8.07. The Balaban J connectivity index is 2.29. The van der Waals surface area contributed by atoms with Crippen molar-refractivity contribution in [1.82, 2.24) is 9.61 Å². The van der Waals surface area contributed by atoms with Gasteiger partial charge in [-0.2, -0.15) is 26.7 Å². The molecule has 2 heterocycles. The Morgan fingerprint density at radius 1 is 1.16 bits per heavy atom. The number of alkyl halides is 3.